The third kappa shape index (κ3) is 3.59. The fourth-order valence-corrected chi connectivity index (χ4v) is 4.54. The minimum atomic E-state index is 0.112. The Morgan fingerprint density at radius 3 is 3.00 bits per heavy atom. The summed E-state index contributed by atoms with van der Waals surface area (Å²) in [5.41, 5.74) is 1.37. The van der Waals surface area contributed by atoms with Crippen molar-refractivity contribution in [2.24, 2.45) is 5.92 Å². The van der Waals surface area contributed by atoms with E-state index in [-0.39, 0.29) is 6.10 Å². The molecule has 6 nitrogen and oxygen atoms in total. The minimum Gasteiger partial charge on any atom is -0.373 e. The molecule has 1 fully saturated rings. The number of hydrogen-bond acceptors (Lipinski definition) is 6. The number of nitrogens with zero attached hydrogens (tertiary/aromatic N) is 5. The first-order valence-electron chi connectivity index (χ1n) is 9.19. The van der Waals surface area contributed by atoms with Gasteiger partial charge in [0.05, 0.1) is 24.6 Å². The average Bonchev–Trinajstić information content (AvgIpc) is 3.24. The van der Waals surface area contributed by atoms with Crippen LogP contribution in [0.1, 0.15) is 25.2 Å². The number of rotatable bonds is 5. The highest BCUT2D eigenvalue weighted by Crippen LogP contribution is 2.34. The van der Waals surface area contributed by atoms with Gasteiger partial charge in [-0.1, -0.05) is 13.8 Å². The van der Waals surface area contributed by atoms with Crippen LogP contribution in [0.2, 0.25) is 0 Å². The van der Waals surface area contributed by atoms with Crippen molar-refractivity contribution in [3.8, 4) is 0 Å². The number of aryl methyl sites for hydroxylation is 1. The molecule has 0 amide bonds. The van der Waals surface area contributed by atoms with Gasteiger partial charge in [-0.2, -0.15) is 5.10 Å². The largest absolute Gasteiger partial charge is 0.373 e. The van der Waals surface area contributed by atoms with E-state index in [4.69, 9.17) is 9.72 Å². The highest BCUT2D eigenvalue weighted by molar-refractivity contribution is 7.17. The summed E-state index contributed by atoms with van der Waals surface area (Å²) in [5.74, 6) is 2.51. The van der Waals surface area contributed by atoms with Gasteiger partial charge in [0, 0.05) is 25.5 Å². The highest BCUT2D eigenvalue weighted by atomic mass is 32.1. The molecule has 0 N–H and O–H groups in total. The third-order valence-electron chi connectivity index (χ3n) is 4.62. The van der Waals surface area contributed by atoms with Gasteiger partial charge in [0.1, 0.15) is 16.5 Å². The number of aromatic nitrogens is 4. The molecule has 3 aromatic heterocycles. The normalized spacial score (nSPS) is 18.2. The van der Waals surface area contributed by atoms with E-state index < -0.39 is 0 Å². The van der Waals surface area contributed by atoms with E-state index in [1.165, 1.54) is 10.9 Å². The molecule has 1 aliphatic heterocycles. The second kappa shape index (κ2) is 7.32. The molecule has 3 aromatic rings. The molecule has 138 valence electrons. The molecule has 0 aliphatic carbocycles. The second-order valence-corrected chi connectivity index (χ2v) is 8.16. The predicted octanol–water partition coefficient (Wildman–Crippen LogP) is 3.30. The van der Waals surface area contributed by atoms with Crippen molar-refractivity contribution in [3.63, 3.8) is 0 Å². The van der Waals surface area contributed by atoms with Gasteiger partial charge in [0.2, 0.25) is 0 Å². The molecule has 26 heavy (non-hydrogen) atoms. The molecule has 4 heterocycles. The maximum Gasteiger partial charge on any atom is 0.141 e. The van der Waals surface area contributed by atoms with E-state index in [0.29, 0.717) is 12.5 Å². The number of ether oxygens (including phenoxy) is 1. The Bertz CT molecular complexity index is 874. The second-order valence-electron chi connectivity index (χ2n) is 7.30. The van der Waals surface area contributed by atoms with Crippen LogP contribution < -0.4 is 4.90 Å². The molecule has 7 heteroatoms. The lowest BCUT2D eigenvalue weighted by Gasteiger charge is -2.34. The minimum absolute atomic E-state index is 0.112. The summed E-state index contributed by atoms with van der Waals surface area (Å²) in [6, 6.07) is 1.95. The van der Waals surface area contributed by atoms with Crippen LogP contribution in [-0.2, 0) is 17.7 Å². The molecule has 0 spiro atoms. The number of hydrogen-bond donors (Lipinski definition) is 0. The van der Waals surface area contributed by atoms with Gasteiger partial charge < -0.3 is 9.64 Å². The number of thiophene rings is 1. The zero-order valence-corrected chi connectivity index (χ0v) is 16.4. The number of fused-ring (bicyclic) bond motifs is 1. The molecular formula is C19H25N5OS. The summed E-state index contributed by atoms with van der Waals surface area (Å²) in [4.78, 5) is 13.0. The van der Waals surface area contributed by atoms with Crippen molar-refractivity contribution in [3.05, 3.63) is 35.2 Å². The quantitative estimate of drug-likeness (QED) is 0.689. The molecule has 1 aliphatic rings. The topological polar surface area (TPSA) is 56.1 Å². The maximum atomic E-state index is 5.98. The lowest BCUT2D eigenvalue weighted by molar-refractivity contribution is 0.0272. The van der Waals surface area contributed by atoms with Gasteiger partial charge in [-0.3, -0.25) is 4.68 Å². The summed E-state index contributed by atoms with van der Waals surface area (Å²) >= 11 is 1.73. The van der Waals surface area contributed by atoms with E-state index in [9.17, 15) is 0 Å². The number of anilines is 1. The lowest BCUT2D eigenvalue weighted by Crippen LogP contribution is -2.45. The van der Waals surface area contributed by atoms with E-state index in [1.54, 1.807) is 11.3 Å². The first-order chi connectivity index (χ1) is 12.6. The third-order valence-corrected chi connectivity index (χ3v) is 5.54. The zero-order valence-electron chi connectivity index (χ0n) is 15.6. The van der Waals surface area contributed by atoms with Crippen molar-refractivity contribution in [2.75, 3.05) is 24.6 Å². The Labute approximate surface area is 157 Å². The van der Waals surface area contributed by atoms with Crippen molar-refractivity contribution in [1.29, 1.82) is 0 Å². The smallest absolute Gasteiger partial charge is 0.141 e. The van der Waals surface area contributed by atoms with Crippen molar-refractivity contribution in [2.45, 2.75) is 39.8 Å². The number of morpholine rings is 1. The zero-order chi connectivity index (χ0) is 18.1. The van der Waals surface area contributed by atoms with Crippen LogP contribution in [0.3, 0.4) is 0 Å². The van der Waals surface area contributed by atoms with Gasteiger partial charge in [0.15, 0.2) is 0 Å². The van der Waals surface area contributed by atoms with Crippen LogP contribution in [0.4, 0.5) is 5.82 Å². The molecule has 0 saturated carbocycles. The predicted molar refractivity (Wildman–Crippen MR) is 105 cm³/mol. The van der Waals surface area contributed by atoms with Crippen LogP contribution in [0.15, 0.2) is 23.8 Å². The van der Waals surface area contributed by atoms with Gasteiger partial charge in [0.25, 0.3) is 0 Å². The van der Waals surface area contributed by atoms with Crippen LogP contribution in [-0.4, -0.2) is 45.5 Å². The van der Waals surface area contributed by atoms with Crippen LogP contribution in [0, 0.1) is 12.8 Å². The summed E-state index contributed by atoms with van der Waals surface area (Å²) in [5, 5.41) is 7.79. The van der Waals surface area contributed by atoms with Crippen molar-refractivity contribution in [1.82, 2.24) is 19.7 Å². The Kier molecular flexibility index (Phi) is 4.91. The molecule has 1 saturated heterocycles. The molecule has 0 radical (unpaired) electrons. The molecular weight excluding hydrogens is 346 g/mol. The van der Waals surface area contributed by atoms with Crippen molar-refractivity contribution < 1.29 is 4.74 Å². The summed E-state index contributed by atoms with van der Waals surface area (Å²) in [6.07, 6.45) is 4.96. The Hall–Kier alpha value is -1.99. The van der Waals surface area contributed by atoms with E-state index in [2.05, 4.69) is 34.2 Å². The monoisotopic (exact) mass is 371 g/mol. The van der Waals surface area contributed by atoms with E-state index >= 15 is 0 Å². The maximum absolute atomic E-state index is 5.98. The standard InChI is InChI=1S/C19H25N5OS/c1-13(2)9-15-12-26-19-17(15)18(21-14(3)22-19)23-7-8-25-16(10-23)11-24-6-4-5-20-24/h4-6,12-13,16H,7-11H2,1-3H3. The molecule has 4 rings (SSSR count). The first kappa shape index (κ1) is 17.4. The van der Waals surface area contributed by atoms with Gasteiger partial charge in [-0.05, 0) is 36.3 Å². The van der Waals surface area contributed by atoms with Crippen LogP contribution in [0.25, 0.3) is 10.2 Å². The van der Waals surface area contributed by atoms with E-state index in [0.717, 1.165) is 42.5 Å². The molecule has 1 unspecified atom stereocenters. The Balaban J connectivity index is 1.65. The SMILES string of the molecule is Cc1nc(N2CCOC(Cn3cccn3)C2)c2c(CC(C)C)csc2n1. The fourth-order valence-electron chi connectivity index (χ4n) is 3.54. The Morgan fingerprint density at radius 1 is 1.35 bits per heavy atom. The van der Waals surface area contributed by atoms with Gasteiger partial charge >= 0.3 is 0 Å². The summed E-state index contributed by atoms with van der Waals surface area (Å²) < 4.78 is 7.91. The molecule has 1 atom stereocenters. The Morgan fingerprint density at radius 2 is 2.23 bits per heavy atom. The van der Waals surface area contributed by atoms with Crippen LogP contribution >= 0.6 is 11.3 Å². The summed E-state index contributed by atoms with van der Waals surface area (Å²) in [7, 11) is 0. The molecule has 0 aromatic carbocycles. The van der Waals surface area contributed by atoms with Crippen molar-refractivity contribution >= 4 is 27.4 Å². The lowest BCUT2D eigenvalue weighted by atomic mass is 10.0. The summed E-state index contributed by atoms with van der Waals surface area (Å²) in [6.45, 7) is 9.65. The van der Waals surface area contributed by atoms with E-state index in [1.807, 2.05) is 30.1 Å². The average molecular weight is 372 g/mol. The van der Waals surface area contributed by atoms with Crippen LogP contribution in [0.5, 0.6) is 0 Å². The molecule has 0 bridgehead atoms. The fraction of sp³-hybridized carbons (Fsp3) is 0.526. The highest BCUT2D eigenvalue weighted by Gasteiger charge is 2.25. The van der Waals surface area contributed by atoms with Gasteiger partial charge in [-0.15, -0.1) is 11.3 Å². The van der Waals surface area contributed by atoms with Gasteiger partial charge in [-0.25, -0.2) is 9.97 Å². The first-order valence-corrected chi connectivity index (χ1v) is 10.1.